The van der Waals surface area contributed by atoms with Gasteiger partial charge in [0, 0.05) is 50.3 Å². The molecular weight excluding hydrogens is 488 g/mol. The molecule has 0 unspecified atom stereocenters. The van der Waals surface area contributed by atoms with Crippen LogP contribution in [0.25, 0.3) is 11.0 Å². The molecule has 1 fully saturated rings. The third kappa shape index (κ3) is 5.23. The first-order chi connectivity index (χ1) is 18.3. The van der Waals surface area contributed by atoms with E-state index in [2.05, 4.69) is 49.3 Å². The van der Waals surface area contributed by atoms with Crippen LogP contribution in [0.4, 0.5) is 11.8 Å². The Morgan fingerprint density at radius 3 is 2.66 bits per heavy atom. The van der Waals surface area contributed by atoms with Crippen LogP contribution in [0.2, 0.25) is 0 Å². The highest BCUT2D eigenvalue weighted by atomic mass is 16.5. The molecule has 5 rings (SSSR count). The van der Waals surface area contributed by atoms with Crippen molar-refractivity contribution in [2.24, 2.45) is 0 Å². The SMILES string of the molecule is COc1cc(C(=O)N2CCN(C(C)C)CC2)ccc1Cn1ncc2nc(N)nc(NCc3noc(C)n3)c21. The molecule has 13 heteroatoms. The van der Waals surface area contributed by atoms with E-state index in [0.717, 1.165) is 18.7 Å². The predicted octanol–water partition coefficient (Wildman–Crippen LogP) is 1.94. The van der Waals surface area contributed by atoms with Gasteiger partial charge in [-0.05, 0) is 26.0 Å². The molecule has 0 atom stereocenters. The lowest BCUT2D eigenvalue weighted by atomic mass is 10.1. The van der Waals surface area contributed by atoms with E-state index in [0.29, 0.717) is 72.1 Å². The number of nitrogen functional groups attached to an aromatic ring is 1. The van der Waals surface area contributed by atoms with Gasteiger partial charge in [-0.3, -0.25) is 14.4 Å². The molecule has 1 amide bonds. The van der Waals surface area contributed by atoms with Crippen LogP contribution in [0, 0.1) is 6.92 Å². The van der Waals surface area contributed by atoms with Crippen LogP contribution in [0.3, 0.4) is 0 Å². The monoisotopic (exact) mass is 520 g/mol. The third-order valence-corrected chi connectivity index (χ3v) is 6.68. The summed E-state index contributed by atoms with van der Waals surface area (Å²) in [4.78, 5) is 30.4. The van der Waals surface area contributed by atoms with Gasteiger partial charge in [-0.15, -0.1) is 0 Å². The molecule has 4 aromatic rings. The van der Waals surface area contributed by atoms with Crippen molar-refractivity contribution in [1.82, 2.24) is 39.7 Å². The average molecular weight is 521 g/mol. The predicted molar refractivity (Wildman–Crippen MR) is 141 cm³/mol. The fourth-order valence-corrected chi connectivity index (χ4v) is 4.63. The Kier molecular flexibility index (Phi) is 7.09. The summed E-state index contributed by atoms with van der Waals surface area (Å²) in [5, 5.41) is 11.6. The fraction of sp³-hybridized carbons (Fsp3) is 0.440. The number of ether oxygens (including phenoxy) is 1. The molecule has 3 aromatic heterocycles. The maximum atomic E-state index is 13.2. The lowest BCUT2D eigenvalue weighted by Gasteiger charge is -2.37. The van der Waals surface area contributed by atoms with E-state index in [1.165, 1.54) is 0 Å². The number of nitrogens with two attached hydrogens (primary N) is 1. The first-order valence-corrected chi connectivity index (χ1v) is 12.5. The summed E-state index contributed by atoms with van der Waals surface area (Å²) in [6, 6.07) is 6.01. The van der Waals surface area contributed by atoms with Crippen LogP contribution >= 0.6 is 0 Å². The Bertz CT molecular complexity index is 1440. The summed E-state index contributed by atoms with van der Waals surface area (Å²) in [7, 11) is 1.60. The van der Waals surface area contributed by atoms with Crippen LogP contribution in [-0.4, -0.2) is 84.9 Å². The minimum Gasteiger partial charge on any atom is -0.496 e. The molecular formula is C25H32N10O3. The van der Waals surface area contributed by atoms with Crippen molar-refractivity contribution >= 4 is 28.7 Å². The zero-order valence-electron chi connectivity index (χ0n) is 22.0. The average Bonchev–Trinajstić information content (AvgIpc) is 3.52. The lowest BCUT2D eigenvalue weighted by molar-refractivity contribution is 0.0595. The van der Waals surface area contributed by atoms with E-state index in [1.54, 1.807) is 31.0 Å². The number of anilines is 2. The van der Waals surface area contributed by atoms with Gasteiger partial charge < -0.3 is 25.2 Å². The summed E-state index contributed by atoms with van der Waals surface area (Å²) < 4.78 is 12.5. The number of benzene rings is 1. The topological polar surface area (TPSA) is 153 Å². The van der Waals surface area contributed by atoms with E-state index in [1.807, 2.05) is 17.0 Å². The Balaban J connectivity index is 1.36. The molecule has 4 heterocycles. The van der Waals surface area contributed by atoms with Crippen molar-refractivity contribution in [3.8, 4) is 5.75 Å². The van der Waals surface area contributed by atoms with E-state index in [9.17, 15) is 4.79 Å². The number of hydrogen-bond acceptors (Lipinski definition) is 11. The standard InChI is InChI=1S/C25H32N10O3/c1-15(2)33-7-9-34(10-8-33)24(36)17-5-6-18(20(11-17)37-4)14-35-22-19(12-28-35)30-25(26)31-23(22)27-13-21-29-16(3)38-32-21/h5-6,11-12,15H,7-10,13-14H2,1-4H3,(H3,26,27,30,31). The number of nitrogens with one attached hydrogen (secondary N) is 1. The first kappa shape index (κ1) is 25.4. The maximum Gasteiger partial charge on any atom is 0.254 e. The number of nitrogens with zero attached hydrogens (tertiary/aromatic N) is 8. The van der Waals surface area contributed by atoms with E-state index >= 15 is 0 Å². The second kappa shape index (κ2) is 10.6. The number of aryl methyl sites for hydroxylation is 1. The molecule has 3 N–H and O–H groups in total. The zero-order chi connectivity index (χ0) is 26.8. The van der Waals surface area contributed by atoms with Crippen molar-refractivity contribution in [1.29, 1.82) is 0 Å². The van der Waals surface area contributed by atoms with E-state index in [4.69, 9.17) is 15.0 Å². The molecule has 13 nitrogen and oxygen atoms in total. The third-order valence-electron chi connectivity index (χ3n) is 6.68. The second-order valence-electron chi connectivity index (χ2n) is 9.50. The van der Waals surface area contributed by atoms with E-state index in [-0.39, 0.29) is 11.9 Å². The molecule has 0 aliphatic carbocycles. The summed E-state index contributed by atoms with van der Waals surface area (Å²) in [6.45, 7) is 9.92. The summed E-state index contributed by atoms with van der Waals surface area (Å²) in [5.41, 5.74) is 8.65. The highest BCUT2D eigenvalue weighted by Crippen LogP contribution is 2.27. The quantitative estimate of drug-likeness (QED) is 0.350. The molecule has 0 radical (unpaired) electrons. The van der Waals surface area contributed by atoms with Crippen molar-refractivity contribution in [2.75, 3.05) is 44.3 Å². The van der Waals surface area contributed by atoms with Crippen molar-refractivity contribution < 1.29 is 14.1 Å². The van der Waals surface area contributed by atoms with Gasteiger partial charge in [0.25, 0.3) is 5.91 Å². The summed E-state index contributed by atoms with van der Waals surface area (Å²) >= 11 is 0. The number of fused-ring (bicyclic) bond motifs is 1. The highest BCUT2D eigenvalue weighted by molar-refractivity contribution is 5.95. The minimum absolute atomic E-state index is 0.00913. The first-order valence-electron chi connectivity index (χ1n) is 12.5. The smallest absolute Gasteiger partial charge is 0.254 e. The van der Waals surface area contributed by atoms with Gasteiger partial charge in [-0.25, -0.2) is 4.98 Å². The van der Waals surface area contributed by atoms with Crippen LogP contribution in [0.15, 0.2) is 28.9 Å². The normalized spacial score (nSPS) is 14.4. The Hall–Kier alpha value is -4.26. The Labute approximate surface area is 220 Å². The molecule has 1 aliphatic heterocycles. The zero-order valence-corrected chi connectivity index (χ0v) is 22.0. The molecule has 1 aromatic carbocycles. The molecule has 1 aliphatic rings. The van der Waals surface area contributed by atoms with Gasteiger partial charge in [-0.1, -0.05) is 11.2 Å². The number of amides is 1. The minimum atomic E-state index is 0.00913. The number of rotatable bonds is 8. The molecule has 38 heavy (non-hydrogen) atoms. The molecule has 0 spiro atoms. The molecule has 0 bridgehead atoms. The van der Waals surface area contributed by atoms with E-state index < -0.39 is 0 Å². The van der Waals surface area contributed by atoms with Crippen LogP contribution in [-0.2, 0) is 13.1 Å². The summed E-state index contributed by atoms with van der Waals surface area (Å²) in [5.74, 6) is 2.21. The Morgan fingerprint density at radius 2 is 1.97 bits per heavy atom. The number of methoxy groups -OCH3 is 1. The molecule has 1 saturated heterocycles. The van der Waals surface area contributed by atoms with Crippen LogP contribution in [0.1, 0.15) is 41.5 Å². The van der Waals surface area contributed by atoms with Crippen LogP contribution < -0.4 is 15.8 Å². The Morgan fingerprint density at radius 1 is 1.18 bits per heavy atom. The number of aromatic nitrogens is 6. The van der Waals surface area contributed by atoms with Gasteiger partial charge in [-0.2, -0.15) is 15.1 Å². The fourth-order valence-electron chi connectivity index (χ4n) is 4.63. The lowest BCUT2D eigenvalue weighted by Crippen LogP contribution is -2.50. The highest BCUT2D eigenvalue weighted by Gasteiger charge is 2.24. The van der Waals surface area contributed by atoms with Gasteiger partial charge in [0.2, 0.25) is 11.8 Å². The second-order valence-corrected chi connectivity index (χ2v) is 9.50. The number of hydrogen-bond donors (Lipinski definition) is 2. The maximum absolute atomic E-state index is 13.2. The van der Waals surface area contributed by atoms with Gasteiger partial charge >= 0.3 is 0 Å². The van der Waals surface area contributed by atoms with Crippen molar-refractivity contribution in [3.05, 3.63) is 47.2 Å². The number of carbonyl (C=O) groups is 1. The van der Waals surface area contributed by atoms with Crippen molar-refractivity contribution in [2.45, 2.75) is 39.9 Å². The largest absolute Gasteiger partial charge is 0.496 e. The van der Waals surface area contributed by atoms with Crippen LogP contribution in [0.5, 0.6) is 5.75 Å². The molecule has 200 valence electrons. The number of piperazine rings is 1. The molecule has 0 saturated carbocycles. The van der Waals surface area contributed by atoms with Crippen molar-refractivity contribution in [3.63, 3.8) is 0 Å². The number of carbonyl (C=O) groups excluding carboxylic acids is 1. The summed E-state index contributed by atoms with van der Waals surface area (Å²) in [6.07, 6.45) is 1.64. The van der Waals surface area contributed by atoms with Gasteiger partial charge in [0.1, 0.15) is 16.8 Å². The van der Waals surface area contributed by atoms with Gasteiger partial charge in [0.15, 0.2) is 11.6 Å². The van der Waals surface area contributed by atoms with Gasteiger partial charge in [0.05, 0.1) is 26.4 Å².